The van der Waals surface area contributed by atoms with Crippen LogP contribution in [0.1, 0.15) is 18.1 Å². The van der Waals surface area contributed by atoms with E-state index >= 15 is 0 Å². The van der Waals surface area contributed by atoms with Gasteiger partial charge in [0.15, 0.2) is 6.61 Å². The van der Waals surface area contributed by atoms with Gasteiger partial charge in [0.25, 0.3) is 0 Å². The van der Waals surface area contributed by atoms with Crippen LogP contribution in [0.25, 0.3) is 0 Å². The largest absolute Gasteiger partial charge is 0.491 e. The Morgan fingerprint density at radius 2 is 1.59 bits per heavy atom. The third-order valence-electron chi connectivity index (χ3n) is 3.79. The van der Waals surface area contributed by atoms with Crippen LogP contribution in [0.15, 0.2) is 42.5 Å². The lowest BCUT2D eigenvalue weighted by Gasteiger charge is -2.19. The maximum absolute atomic E-state index is 10.6. The van der Waals surface area contributed by atoms with Crippen molar-refractivity contribution in [1.82, 2.24) is 0 Å². The highest BCUT2D eigenvalue weighted by Gasteiger charge is 2.12. The predicted octanol–water partition coefficient (Wildman–Crippen LogP) is 3.63. The molecule has 0 saturated carbocycles. The fourth-order valence-corrected chi connectivity index (χ4v) is 2.41. The Balaban J connectivity index is 1.87. The van der Waals surface area contributed by atoms with Crippen LogP contribution < -0.4 is 14.2 Å². The molecule has 0 spiro atoms. The number of aryl methyl sites for hydroxylation is 2. The first-order valence-corrected chi connectivity index (χ1v) is 8.87. The van der Waals surface area contributed by atoms with Crippen molar-refractivity contribution in [2.24, 2.45) is 0 Å². The summed E-state index contributed by atoms with van der Waals surface area (Å²) in [6, 6.07) is 13.1. The molecule has 146 valence electrons. The van der Waals surface area contributed by atoms with E-state index in [9.17, 15) is 4.79 Å². The molecule has 0 aromatic heterocycles. The number of carbonyl (C=O) groups is 1. The number of benzene rings is 2. The Morgan fingerprint density at radius 3 is 2.19 bits per heavy atom. The summed E-state index contributed by atoms with van der Waals surface area (Å²) in [6.07, 6.45) is -0.209. The Labute approximate surface area is 159 Å². The molecule has 1 N–H and O–H groups in total. The second-order valence-corrected chi connectivity index (χ2v) is 6.12. The quantitative estimate of drug-likeness (QED) is 0.647. The molecule has 2 aromatic carbocycles. The molecule has 0 saturated heterocycles. The van der Waals surface area contributed by atoms with E-state index in [0.29, 0.717) is 31.3 Å². The van der Waals surface area contributed by atoms with Crippen LogP contribution >= 0.6 is 0 Å². The first-order chi connectivity index (χ1) is 13.0. The van der Waals surface area contributed by atoms with Crippen molar-refractivity contribution in [3.63, 3.8) is 0 Å². The van der Waals surface area contributed by atoms with E-state index < -0.39 is 5.97 Å². The molecule has 0 fully saturated rings. The fraction of sp³-hybridized carbons (Fsp3) is 0.381. The summed E-state index contributed by atoms with van der Waals surface area (Å²) in [5.41, 5.74) is 1.98. The maximum atomic E-state index is 10.6. The Hall–Kier alpha value is -2.73. The normalized spacial score (nSPS) is 11.7. The molecule has 6 heteroatoms. The summed E-state index contributed by atoms with van der Waals surface area (Å²) in [5, 5.41) is 8.69. The average Bonchev–Trinajstić information content (AvgIpc) is 2.64. The number of rotatable bonds is 11. The van der Waals surface area contributed by atoms with E-state index in [1.54, 1.807) is 18.2 Å². The monoisotopic (exact) mass is 374 g/mol. The molecule has 0 amide bonds. The zero-order chi connectivity index (χ0) is 19.6. The van der Waals surface area contributed by atoms with Gasteiger partial charge in [0.2, 0.25) is 0 Å². The lowest BCUT2D eigenvalue weighted by Crippen LogP contribution is -2.28. The number of carboxylic acids is 1. The summed E-state index contributed by atoms with van der Waals surface area (Å²) in [4.78, 5) is 10.6. The van der Waals surface area contributed by atoms with Crippen molar-refractivity contribution in [2.75, 3.05) is 26.4 Å². The van der Waals surface area contributed by atoms with E-state index in [2.05, 4.69) is 0 Å². The highest BCUT2D eigenvalue weighted by molar-refractivity contribution is 5.68. The van der Waals surface area contributed by atoms with Crippen molar-refractivity contribution < 1.29 is 28.8 Å². The van der Waals surface area contributed by atoms with Crippen LogP contribution in [-0.2, 0) is 9.53 Å². The van der Waals surface area contributed by atoms with Gasteiger partial charge in [0.05, 0.1) is 0 Å². The summed E-state index contributed by atoms with van der Waals surface area (Å²) >= 11 is 0. The highest BCUT2D eigenvalue weighted by atomic mass is 16.6. The molecule has 6 nitrogen and oxygen atoms in total. The van der Waals surface area contributed by atoms with Crippen molar-refractivity contribution in [1.29, 1.82) is 0 Å². The van der Waals surface area contributed by atoms with E-state index in [4.69, 9.17) is 24.1 Å². The molecular weight excluding hydrogens is 348 g/mol. The summed E-state index contributed by atoms with van der Waals surface area (Å²) in [5.74, 6) is 0.966. The molecule has 0 bridgehead atoms. The summed E-state index contributed by atoms with van der Waals surface area (Å²) in [6.45, 7) is 6.71. The summed E-state index contributed by atoms with van der Waals surface area (Å²) in [7, 11) is 0. The Kier molecular flexibility index (Phi) is 7.95. The second kappa shape index (κ2) is 10.4. The van der Waals surface area contributed by atoms with Gasteiger partial charge in [-0.3, -0.25) is 0 Å². The lowest BCUT2D eigenvalue weighted by molar-refractivity contribution is -0.139. The van der Waals surface area contributed by atoms with Gasteiger partial charge in [-0.1, -0.05) is 17.7 Å². The first kappa shape index (κ1) is 20.6. The number of aliphatic carboxylic acids is 1. The number of ether oxygens (including phenoxy) is 4. The number of hydrogen-bond acceptors (Lipinski definition) is 5. The lowest BCUT2D eigenvalue weighted by atomic mass is 10.2. The molecule has 0 radical (unpaired) electrons. The predicted molar refractivity (Wildman–Crippen MR) is 102 cm³/mol. The van der Waals surface area contributed by atoms with E-state index in [-0.39, 0.29) is 12.7 Å². The van der Waals surface area contributed by atoms with Gasteiger partial charge in [0.1, 0.15) is 36.6 Å². The summed E-state index contributed by atoms with van der Waals surface area (Å²) < 4.78 is 22.5. The topological polar surface area (TPSA) is 74.2 Å². The standard InChI is InChI=1S/C21H26O6/c1-4-24-19(12-25-17-7-5-15(2)6-8-17)13-26-18-9-10-20(16(3)11-18)27-14-21(22)23/h5-11,19H,4,12-14H2,1-3H3,(H,22,23). The van der Waals surface area contributed by atoms with Gasteiger partial charge in [-0.05, 0) is 56.7 Å². The molecule has 0 aliphatic rings. The van der Waals surface area contributed by atoms with Gasteiger partial charge in [-0.2, -0.15) is 0 Å². The van der Waals surface area contributed by atoms with Gasteiger partial charge in [-0.15, -0.1) is 0 Å². The molecule has 0 heterocycles. The maximum Gasteiger partial charge on any atom is 0.341 e. The average molecular weight is 374 g/mol. The van der Waals surface area contributed by atoms with Crippen LogP contribution in [-0.4, -0.2) is 43.6 Å². The zero-order valence-electron chi connectivity index (χ0n) is 15.9. The van der Waals surface area contributed by atoms with Gasteiger partial charge >= 0.3 is 5.97 Å². The van der Waals surface area contributed by atoms with Crippen LogP contribution in [0.3, 0.4) is 0 Å². The molecule has 0 aliphatic heterocycles. The van der Waals surface area contributed by atoms with Crippen molar-refractivity contribution >= 4 is 5.97 Å². The van der Waals surface area contributed by atoms with Crippen molar-refractivity contribution in [2.45, 2.75) is 26.9 Å². The van der Waals surface area contributed by atoms with Gasteiger partial charge in [-0.25, -0.2) is 4.79 Å². The molecule has 1 atom stereocenters. The molecule has 2 aromatic rings. The Bertz CT molecular complexity index is 726. The third-order valence-corrected chi connectivity index (χ3v) is 3.79. The minimum absolute atomic E-state index is 0.209. The van der Waals surface area contributed by atoms with Crippen molar-refractivity contribution in [3.05, 3.63) is 53.6 Å². The number of hydrogen-bond donors (Lipinski definition) is 1. The number of carboxylic acid groups (broad SMARTS) is 1. The molecule has 0 aliphatic carbocycles. The van der Waals surface area contributed by atoms with Gasteiger partial charge in [0, 0.05) is 6.61 Å². The van der Waals surface area contributed by atoms with Crippen LogP contribution in [0.4, 0.5) is 0 Å². The first-order valence-electron chi connectivity index (χ1n) is 8.87. The smallest absolute Gasteiger partial charge is 0.341 e. The highest BCUT2D eigenvalue weighted by Crippen LogP contribution is 2.23. The van der Waals surface area contributed by atoms with E-state index in [1.165, 1.54) is 5.56 Å². The fourth-order valence-electron chi connectivity index (χ4n) is 2.41. The van der Waals surface area contributed by atoms with E-state index in [1.807, 2.05) is 45.0 Å². The molecule has 27 heavy (non-hydrogen) atoms. The minimum atomic E-state index is -1.01. The SMILES string of the molecule is CCOC(COc1ccc(C)cc1)COc1ccc(OCC(=O)O)c(C)c1. The van der Waals surface area contributed by atoms with Crippen LogP contribution in [0.5, 0.6) is 17.2 Å². The molecular formula is C21H26O6. The van der Waals surface area contributed by atoms with Crippen LogP contribution in [0, 0.1) is 13.8 Å². The third kappa shape index (κ3) is 7.19. The van der Waals surface area contributed by atoms with E-state index in [0.717, 1.165) is 11.3 Å². The zero-order valence-corrected chi connectivity index (χ0v) is 15.9. The Morgan fingerprint density at radius 1 is 0.963 bits per heavy atom. The molecule has 1 unspecified atom stereocenters. The van der Waals surface area contributed by atoms with Crippen molar-refractivity contribution in [3.8, 4) is 17.2 Å². The molecule has 2 rings (SSSR count). The van der Waals surface area contributed by atoms with Gasteiger partial charge < -0.3 is 24.1 Å². The van der Waals surface area contributed by atoms with Crippen LogP contribution in [0.2, 0.25) is 0 Å². The minimum Gasteiger partial charge on any atom is -0.491 e. The second-order valence-electron chi connectivity index (χ2n) is 6.12.